The number of ether oxygens (including phenoxy) is 11. The maximum atomic E-state index is 14.9. The molecule has 0 aromatic heterocycles. The smallest absolute Gasteiger partial charge is 0.338 e. The van der Waals surface area contributed by atoms with Crippen LogP contribution in [0.25, 0.3) is 0 Å². The van der Waals surface area contributed by atoms with Crippen molar-refractivity contribution >= 4 is 47.4 Å². The Balaban J connectivity index is 1.29. The second-order valence-corrected chi connectivity index (χ2v) is 40.6. The molecule has 149 heavy (non-hydrogen) atoms. The molecule has 0 spiro atoms. The lowest BCUT2D eigenvalue weighted by Crippen LogP contribution is -2.75. The van der Waals surface area contributed by atoms with Crippen LogP contribution < -0.4 is 26.6 Å². The van der Waals surface area contributed by atoms with E-state index in [1.165, 1.54) is 70.3 Å². The first kappa shape index (κ1) is 130. The molecule has 0 aromatic rings. The summed E-state index contributed by atoms with van der Waals surface area (Å²) in [5.41, 5.74) is -10.5. The van der Waals surface area contributed by atoms with Crippen molar-refractivity contribution in [3.8, 4) is 0 Å². The number of nitrogens with one attached hydrogen (secondary N) is 5. The van der Waals surface area contributed by atoms with E-state index in [4.69, 9.17) is 52.1 Å². The molecule has 52 nitrogen and oxygen atoms in total. The summed E-state index contributed by atoms with van der Waals surface area (Å²) in [4.78, 5) is 108. The summed E-state index contributed by atoms with van der Waals surface area (Å²) in [6.07, 6.45) is -53.5. The molecule has 0 aromatic carbocycles. The van der Waals surface area contributed by atoms with Crippen LogP contribution in [0, 0.1) is 17.8 Å². The number of hydrogen-bond donors (Lipinski definition) is 33. The lowest BCUT2D eigenvalue weighted by Gasteiger charge is -2.55. The van der Waals surface area contributed by atoms with Crippen molar-refractivity contribution in [2.24, 2.45) is 17.8 Å². The molecule has 7 fully saturated rings. The second-order valence-electron chi connectivity index (χ2n) is 40.6. The van der Waals surface area contributed by atoms with Crippen molar-refractivity contribution < 1.29 is 233 Å². The van der Waals surface area contributed by atoms with E-state index >= 15 is 0 Å². The highest BCUT2D eigenvalue weighted by molar-refractivity contribution is 5.81. The van der Waals surface area contributed by atoms with Gasteiger partial charge in [-0.1, -0.05) is 167 Å². The van der Waals surface area contributed by atoms with Crippen LogP contribution in [0.15, 0.2) is 12.2 Å². The summed E-state index contributed by atoms with van der Waals surface area (Å²) < 4.78 is 67.1. The van der Waals surface area contributed by atoms with Gasteiger partial charge >= 0.3 is 17.9 Å². The first-order valence-corrected chi connectivity index (χ1v) is 52.2. The van der Waals surface area contributed by atoms with Crippen molar-refractivity contribution in [1.82, 2.24) is 26.6 Å². The molecule has 7 rings (SSSR count). The molecule has 52 heteroatoms. The number of aliphatic hydroxyl groups excluding tert-OH is 25. The molecule has 0 radical (unpaired) electrons. The molecular weight excluding hydrogens is 1990 g/mol. The Kier molecular flexibility index (Phi) is 54.8. The minimum absolute atomic E-state index is 0.0333. The van der Waals surface area contributed by atoms with E-state index in [-0.39, 0.29) is 6.42 Å². The van der Waals surface area contributed by atoms with Gasteiger partial charge in [-0.3, -0.25) is 24.0 Å². The number of unbranched alkanes of at least 4 members (excludes halogenated alkanes) is 23. The van der Waals surface area contributed by atoms with Crippen molar-refractivity contribution in [3.05, 3.63) is 12.2 Å². The van der Waals surface area contributed by atoms with E-state index in [9.17, 15) is 181 Å². The zero-order valence-corrected chi connectivity index (χ0v) is 85.4. The molecule has 864 valence electrons. The van der Waals surface area contributed by atoms with Crippen molar-refractivity contribution in [3.63, 3.8) is 0 Å². The molecule has 0 bridgehead atoms. The van der Waals surface area contributed by atoms with Gasteiger partial charge in [-0.25, -0.2) is 14.4 Å². The fourth-order valence-electron chi connectivity index (χ4n) is 21.1. The number of carbonyl (C=O) groups is 8. The van der Waals surface area contributed by atoms with Gasteiger partial charge in [0.2, 0.25) is 29.5 Å². The number of aliphatic hydroxyl groups is 25. The number of aliphatic carboxylic acids is 3. The average Bonchev–Trinajstić information content (AvgIpc) is 0.746. The molecule has 12 unspecified atom stereocenters. The molecule has 33 N–H and O–H groups in total. The van der Waals surface area contributed by atoms with Gasteiger partial charge in [0.1, 0.15) is 128 Å². The van der Waals surface area contributed by atoms with E-state index in [2.05, 4.69) is 40.4 Å². The summed E-state index contributed by atoms with van der Waals surface area (Å²) >= 11 is 0. The van der Waals surface area contributed by atoms with E-state index in [0.29, 0.717) is 12.8 Å². The minimum atomic E-state index is -3.83. The summed E-state index contributed by atoms with van der Waals surface area (Å²) in [5, 5.41) is 338. The van der Waals surface area contributed by atoms with Gasteiger partial charge in [-0.2, -0.15) is 0 Å². The molecule has 7 heterocycles. The summed E-state index contributed by atoms with van der Waals surface area (Å²) in [5.74, 6) is -19.1. The Morgan fingerprint density at radius 2 is 0.765 bits per heavy atom. The van der Waals surface area contributed by atoms with Crippen molar-refractivity contribution in [1.29, 1.82) is 0 Å². The number of carbonyl (C=O) groups excluding carboxylic acids is 5. The normalized spacial score (nSPS) is 35.8. The van der Waals surface area contributed by atoms with Gasteiger partial charge in [-0.05, 0) is 25.7 Å². The fourth-order valence-corrected chi connectivity index (χ4v) is 21.1. The van der Waals surface area contributed by atoms with Gasteiger partial charge in [0.25, 0.3) is 0 Å². The Bertz CT molecular complexity index is 4010. The third kappa shape index (κ3) is 34.3. The number of allylic oxidation sites excluding steroid dienone is 1. The summed E-state index contributed by atoms with van der Waals surface area (Å²) in [7, 11) is 0. The van der Waals surface area contributed by atoms with Crippen LogP contribution >= 0.6 is 0 Å². The maximum absolute atomic E-state index is 14.9. The van der Waals surface area contributed by atoms with E-state index in [1.54, 1.807) is 6.08 Å². The molecule has 5 amide bonds. The highest BCUT2D eigenvalue weighted by Gasteiger charge is 2.69. The van der Waals surface area contributed by atoms with Gasteiger partial charge in [0.15, 0.2) is 42.0 Å². The van der Waals surface area contributed by atoms with Gasteiger partial charge in [0.05, 0.1) is 126 Å². The number of rotatable bonds is 65. The monoisotopic (exact) mass is 2160 g/mol. The van der Waals surface area contributed by atoms with Crippen LogP contribution in [-0.2, 0) is 90.5 Å². The predicted molar refractivity (Wildman–Crippen MR) is 510 cm³/mol. The van der Waals surface area contributed by atoms with Crippen LogP contribution in [0.2, 0.25) is 0 Å². The number of carboxylic acids is 3. The Labute approximate surface area is 864 Å². The van der Waals surface area contributed by atoms with Gasteiger partial charge < -0.3 is 222 Å². The highest BCUT2D eigenvalue weighted by Crippen LogP contribution is 2.48. The first-order valence-electron chi connectivity index (χ1n) is 52.2. The van der Waals surface area contributed by atoms with Crippen molar-refractivity contribution in [2.75, 3.05) is 52.9 Å². The number of amides is 5. The molecule has 0 saturated carbocycles. The van der Waals surface area contributed by atoms with E-state index < -0.39 is 387 Å². The zero-order valence-electron chi connectivity index (χ0n) is 85.4. The standard InChI is InChI=1S/C97H169N5O47/c1-7-9-11-13-15-17-19-21-23-25-27-29-31-33-54(114)53(102-65(121)34-32-30-28-26-24-22-20-18-16-14-12-10-8-2)46-139-89-79(130)78(129)81(63(45-109)142-89)145-91-77(128)66(87(132)97(94(137)138)38-57(117)67(98-47(3)110)83(148-97)72(123)52(39-103)86(131)96(93(135)136)37-56(116)69(100-49(5)112)85(149-96)75(126)59(119)41-105)80(62(44-108)143-91)144-88-70(101-50(6)113)82(76(127)61(43-107)140-88)146-90-73(124)51(71(122)60(42-106)141-90)35-64(120)95(92(133)134)36-55(115)68(99-48(4)111)84(147-95)74(125)58(118)40-104/h31,33,51-64,66-91,103-109,114-120,122-132H,7-30,32,34-46H2,1-6H3,(H,98,110)(H,99,111)(H,100,112)(H,101,113)(H,102,121)(H,133,134)(H,135,136)(H,137,138)/b33-31+/t51-,52?,53+,54-,55-,56-,57-,58?,59?,60+,61+,62+,63+,64?,66+,67+,68+,69+,70+,71+,72?,73+,74?,75?,76-,77+,78+,79+,80-,81+,82+,83?,84?,85?,86?,87?,88-,89+,90-,91-,95-,96-,97-/m0/s1. The zero-order chi connectivity index (χ0) is 111. The summed E-state index contributed by atoms with van der Waals surface area (Å²) in [6, 6.07) is -9.53. The lowest BCUT2D eigenvalue weighted by atomic mass is 9.70. The van der Waals surface area contributed by atoms with Crippen LogP contribution in [0.1, 0.15) is 234 Å². The lowest BCUT2D eigenvalue weighted by molar-refractivity contribution is -0.384. The largest absolute Gasteiger partial charge is 0.479 e. The number of carboxylic acid groups (broad SMARTS) is 3. The number of hydrogen-bond acceptors (Lipinski definition) is 44. The maximum Gasteiger partial charge on any atom is 0.338 e. The molecule has 7 saturated heterocycles. The van der Waals surface area contributed by atoms with E-state index in [1.807, 2.05) is 0 Å². The SMILES string of the molecule is CCCCCCCCCCCCC/C=C/[C@H](O)[C@@H](CO[C@@H]1O[C@H](CO)[C@@H](O[C@@H]2O[C@H](CO)[C@H](O[C@@H]3O[C@H](CO)[C@H](O)[C@H](O[C@@H]4O[C@H](CO)[C@H](O)[C@H](CC(O)[C@]5(C(=O)O)C[C@H](O)[C@@H](NC(C)=O)C(C(O)C(O)CO)O5)[C@H]4O)[C@H]3NC(C)=O)[C@H](C(O)[C@]3(C(=O)O)C[C@H](O)[C@@H](NC(C)=O)C(C(O)C(CO)C(O)[C@]4(C(=O)O)C[C@H](O)[C@@H](NC(C)=O)C(C(O)C(O)CO)O4)O3)[C@H]2O)[C@H](O)[C@H]1O)NC(=O)CCCCCCCCCCCCCCC. The Morgan fingerprint density at radius 3 is 1.21 bits per heavy atom. The predicted octanol–water partition coefficient (Wildman–Crippen LogP) is -8.18. The van der Waals surface area contributed by atoms with Crippen LogP contribution in [-0.4, -0.2) is 486 Å². The fraction of sp³-hybridized carbons (Fsp3) is 0.897. The average molecular weight is 2160 g/mol. The van der Waals surface area contributed by atoms with E-state index in [0.717, 1.165) is 111 Å². The molecular formula is C97H169N5O47. The van der Waals surface area contributed by atoms with Crippen LogP contribution in [0.3, 0.4) is 0 Å². The van der Waals surface area contributed by atoms with Gasteiger partial charge in [-0.15, -0.1) is 0 Å². The molecule has 0 aliphatic carbocycles. The topological polar surface area (TPSA) is 865 Å². The van der Waals surface area contributed by atoms with Crippen molar-refractivity contribution in [2.45, 2.75) is 477 Å². The summed E-state index contributed by atoms with van der Waals surface area (Å²) in [6.45, 7) is -2.51. The molecule has 7 aliphatic rings. The third-order valence-electron chi connectivity index (χ3n) is 29.5. The quantitative estimate of drug-likeness (QED) is 0.0199. The third-order valence-corrected chi connectivity index (χ3v) is 29.5. The highest BCUT2D eigenvalue weighted by atomic mass is 16.8. The minimum Gasteiger partial charge on any atom is -0.479 e. The van der Waals surface area contributed by atoms with Crippen LogP contribution in [0.5, 0.6) is 0 Å². The Morgan fingerprint density at radius 1 is 0.389 bits per heavy atom. The van der Waals surface area contributed by atoms with Crippen LogP contribution in [0.4, 0.5) is 0 Å². The molecule has 43 atom stereocenters. The Hall–Kier alpha value is -5.94. The van der Waals surface area contributed by atoms with Gasteiger partial charge in [0, 0.05) is 71.1 Å². The molecule has 7 aliphatic heterocycles. The first-order chi connectivity index (χ1) is 70.7. The second kappa shape index (κ2) is 62.9.